The third-order valence-corrected chi connectivity index (χ3v) is 5.17. The molecule has 2 aliphatic heterocycles. The standard InChI is InChI=1S/C19H29N5O3/c1-17(25)24(7-6-21-12-14-27-15-13-21)16-19(26)23-10-8-22(9-11-23)18-4-2-3-5-20-18/h2-5H,6-16H2,1H3. The van der Waals surface area contributed by atoms with Gasteiger partial charge in [-0.1, -0.05) is 6.07 Å². The Bertz CT molecular complexity index is 613. The molecule has 2 saturated heterocycles. The number of anilines is 1. The van der Waals surface area contributed by atoms with Crippen LogP contribution < -0.4 is 4.90 Å². The Morgan fingerprint density at radius 2 is 1.85 bits per heavy atom. The largest absolute Gasteiger partial charge is 0.379 e. The summed E-state index contributed by atoms with van der Waals surface area (Å²) in [5, 5.41) is 0. The molecule has 0 aliphatic carbocycles. The molecule has 1 aromatic rings. The highest BCUT2D eigenvalue weighted by Gasteiger charge is 2.24. The fourth-order valence-electron chi connectivity index (χ4n) is 3.42. The topological polar surface area (TPSA) is 69.2 Å². The molecule has 2 fully saturated rings. The average Bonchev–Trinajstić information content (AvgIpc) is 2.72. The number of rotatable bonds is 6. The van der Waals surface area contributed by atoms with Crippen molar-refractivity contribution in [2.45, 2.75) is 6.92 Å². The van der Waals surface area contributed by atoms with E-state index in [1.807, 2.05) is 23.1 Å². The smallest absolute Gasteiger partial charge is 0.242 e. The fraction of sp³-hybridized carbons (Fsp3) is 0.632. The zero-order valence-corrected chi connectivity index (χ0v) is 16.0. The Labute approximate surface area is 160 Å². The number of piperazine rings is 1. The maximum Gasteiger partial charge on any atom is 0.242 e. The number of carbonyl (C=O) groups is 2. The molecular formula is C19H29N5O3. The summed E-state index contributed by atoms with van der Waals surface area (Å²) in [5.41, 5.74) is 0. The summed E-state index contributed by atoms with van der Waals surface area (Å²) in [6, 6.07) is 5.86. The van der Waals surface area contributed by atoms with Gasteiger partial charge in [0.25, 0.3) is 0 Å². The predicted octanol–water partition coefficient (Wildman–Crippen LogP) is -0.0891. The van der Waals surface area contributed by atoms with Gasteiger partial charge in [-0.2, -0.15) is 0 Å². The second-order valence-corrected chi connectivity index (χ2v) is 6.95. The third kappa shape index (κ3) is 5.64. The van der Waals surface area contributed by atoms with E-state index in [1.54, 1.807) is 11.1 Å². The monoisotopic (exact) mass is 375 g/mol. The van der Waals surface area contributed by atoms with Crippen LogP contribution in [0.25, 0.3) is 0 Å². The van der Waals surface area contributed by atoms with Gasteiger partial charge in [0.15, 0.2) is 0 Å². The highest BCUT2D eigenvalue weighted by molar-refractivity contribution is 5.84. The van der Waals surface area contributed by atoms with E-state index in [0.717, 1.165) is 51.8 Å². The van der Waals surface area contributed by atoms with Crippen LogP contribution in [-0.2, 0) is 14.3 Å². The summed E-state index contributed by atoms with van der Waals surface area (Å²) in [5.74, 6) is 0.914. The van der Waals surface area contributed by atoms with Crippen molar-refractivity contribution in [3.05, 3.63) is 24.4 Å². The number of nitrogens with zero attached hydrogens (tertiary/aromatic N) is 5. The molecule has 3 heterocycles. The first-order chi connectivity index (χ1) is 13.1. The van der Waals surface area contributed by atoms with Crippen molar-refractivity contribution in [1.82, 2.24) is 19.7 Å². The first kappa shape index (κ1) is 19.6. The molecule has 3 rings (SSSR count). The molecule has 148 valence electrons. The molecular weight excluding hydrogens is 346 g/mol. The Hall–Kier alpha value is -2.19. The molecule has 8 nitrogen and oxygen atoms in total. The number of pyridine rings is 1. The predicted molar refractivity (Wildman–Crippen MR) is 103 cm³/mol. The lowest BCUT2D eigenvalue weighted by Crippen LogP contribution is -2.52. The van der Waals surface area contributed by atoms with Crippen molar-refractivity contribution < 1.29 is 14.3 Å². The Morgan fingerprint density at radius 1 is 1.11 bits per heavy atom. The van der Waals surface area contributed by atoms with Crippen LogP contribution in [0.5, 0.6) is 0 Å². The van der Waals surface area contributed by atoms with Crippen LogP contribution in [0.1, 0.15) is 6.92 Å². The van der Waals surface area contributed by atoms with E-state index >= 15 is 0 Å². The summed E-state index contributed by atoms with van der Waals surface area (Å²) in [4.78, 5) is 37.0. The summed E-state index contributed by atoms with van der Waals surface area (Å²) < 4.78 is 5.35. The lowest BCUT2D eigenvalue weighted by Gasteiger charge is -2.36. The van der Waals surface area contributed by atoms with Crippen molar-refractivity contribution in [3.8, 4) is 0 Å². The van der Waals surface area contributed by atoms with Crippen LogP contribution >= 0.6 is 0 Å². The van der Waals surface area contributed by atoms with Gasteiger partial charge in [-0.05, 0) is 12.1 Å². The quantitative estimate of drug-likeness (QED) is 0.692. The van der Waals surface area contributed by atoms with Crippen LogP contribution in [0.3, 0.4) is 0 Å². The number of ether oxygens (including phenoxy) is 1. The summed E-state index contributed by atoms with van der Waals surface area (Å²) in [7, 11) is 0. The molecule has 1 aromatic heterocycles. The number of hydrogen-bond acceptors (Lipinski definition) is 6. The molecule has 2 amide bonds. The molecule has 27 heavy (non-hydrogen) atoms. The highest BCUT2D eigenvalue weighted by Crippen LogP contribution is 2.12. The van der Waals surface area contributed by atoms with Crippen molar-refractivity contribution in [2.75, 3.05) is 77.0 Å². The molecule has 2 aliphatic rings. The van der Waals surface area contributed by atoms with Gasteiger partial charge in [-0.3, -0.25) is 14.5 Å². The van der Waals surface area contributed by atoms with E-state index in [2.05, 4.69) is 14.8 Å². The SMILES string of the molecule is CC(=O)N(CCN1CCOCC1)CC(=O)N1CCN(c2ccccn2)CC1. The van der Waals surface area contributed by atoms with E-state index in [1.165, 1.54) is 6.92 Å². The summed E-state index contributed by atoms with van der Waals surface area (Å²) in [6.45, 7) is 9.12. The van der Waals surface area contributed by atoms with Crippen LogP contribution in [-0.4, -0.2) is 104 Å². The minimum absolute atomic E-state index is 0.0212. The second kappa shape index (κ2) is 9.66. The van der Waals surface area contributed by atoms with Crippen LogP contribution in [0.2, 0.25) is 0 Å². The zero-order chi connectivity index (χ0) is 19.1. The molecule has 0 spiro atoms. The number of carbonyl (C=O) groups excluding carboxylic acids is 2. The third-order valence-electron chi connectivity index (χ3n) is 5.17. The Morgan fingerprint density at radius 3 is 2.48 bits per heavy atom. The molecule has 0 bridgehead atoms. The van der Waals surface area contributed by atoms with E-state index in [9.17, 15) is 9.59 Å². The van der Waals surface area contributed by atoms with Gasteiger partial charge >= 0.3 is 0 Å². The van der Waals surface area contributed by atoms with Gasteiger partial charge < -0.3 is 19.4 Å². The number of morpholine rings is 1. The average molecular weight is 375 g/mol. The molecule has 0 aromatic carbocycles. The normalized spacial score (nSPS) is 18.4. The number of amides is 2. The molecule has 0 atom stereocenters. The second-order valence-electron chi connectivity index (χ2n) is 6.95. The Balaban J connectivity index is 1.45. The van der Waals surface area contributed by atoms with Crippen molar-refractivity contribution in [3.63, 3.8) is 0 Å². The molecule has 8 heteroatoms. The lowest BCUT2D eigenvalue weighted by molar-refractivity contribution is -0.139. The van der Waals surface area contributed by atoms with E-state index in [0.29, 0.717) is 19.6 Å². The van der Waals surface area contributed by atoms with Crippen LogP contribution in [0, 0.1) is 0 Å². The van der Waals surface area contributed by atoms with Crippen molar-refractivity contribution in [2.24, 2.45) is 0 Å². The first-order valence-corrected chi connectivity index (χ1v) is 9.63. The molecule has 0 saturated carbocycles. The van der Waals surface area contributed by atoms with Gasteiger partial charge in [0.05, 0.1) is 19.8 Å². The van der Waals surface area contributed by atoms with Crippen LogP contribution in [0.15, 0.2) is 24.4 Å². The summed E-state index contributed by atoms with van der Waals surface area (Å²) >= 11 is 0. The number of aromatic nitrogens is 1. The van der Waals surface area contributed by atoms with Gasteiger partial charge in [-0.25, -0.2) is 4.98 Å². The molecule has 0 radical (unpaired) electrons. The van der Waals surface area contributed by atoms with Gasteiger partial charge in [0.2, 0.25) is 11.8 Å². The minimum Gasteiger partial charge on any atom is -0.379 e. The van der Waals surface area contributed by atoms with E-state index < -0.39 is 0 Å². The highest BCUT2D eigenvalue weighted by atomic mass is 16.5. The molecule has 0 unspecified atom stereocenters. The maximum absolute atomic E-state index is 12.7. The van der Waals surface area contributed by atoms with Gasteiger partial charge in [-0.15, -0.1) is 0 Å². The zero-order valence-electron chi connectivity index (χ0n) is 16.0. The maximum atomic E-state index is 12.7. The Kier molecular flexibility index (Phi) is 7.00. The van der Waals surface area contributed by atoms with Crippen molar-refractivity contribution in [1.29, 1.82) is 0 Å². The fourth-order valence-corrected chi connectivity index (χ4v) is 3.42. The van der Waals surface area contributed by atoms with Crippen molar-refractivity contribution >= 4 is 17.6 Å². The number of hydrogen-bond donors (Lipinski definition) is 0. The summed E-state index contributed by atoms with van der Waals surface area (Å²) in [6.07, 6.45) is 1.78. The molecule has 0 N–H and O–H groups in total. The van der Waals surface area contributed by atoms with Crippen LogP contribution in [0.4, 0.5) is 5.82 Å². The van der Waals surface area contributed by atoms with Gasteiger partial charge in [0.1, 0.15) is 5.82 Å². The lowest BCUT2D eigenvalue weighted by atomic mass is 10.3. The minimum atomic E-state index is -0.0521. The first-order valence-electron chi connectivity index (χ1n) is 9.63. The van der Waals surface area contributed by atoms with E-state index in [-0.39, 0.29) is 18.4 Å². The van der Waals surface area contributed by atoms with E-state index in [4.69, 9.17) is 4.74 Å². The van der Waals surface area contributed by atoms with Gasteiger partial charge in [0, 0.05) is 65.5 Å².